The molecule has 0 heterocycles. The van der Waals surface area contributed by atoms with Crippen molar-refractivity contribution in [2.75, 3.05) is 13.7 Å². The molecule has 0 aliphatic heterocycles. The molecule has 1 rings (SSSR count). The van der Waals surface area contributed by atoms with Crippen LogP contribution in [0.4, 0.5) is 0 Å². The third-order valence-corrected chi connectivity index (χ3v) is 3.78. The first kappa shape index (κ1) is 16.7. The van der Waals surface area contributed by atoms with E-state index < -0.39 is 0 Å². The van der Waals surface area contributed by atoms with E-state index in [1.54, 1.807) is 0 Å². The van der Waals surface area contributed by atoms with E-state index >= 15 is 0 Å². The highest BCUT2D eigenvalue weighted by Crippen LogP contribution is 2.19. The van der Waals surface area contributed by atoms with Gasteiger partial charge in [-0.15, -0.1) is 0 Å². The van der Waals surface area contributed by atoms with Gasteiger partial charge in [0, 0.05) is 6.04 Å². The molecule has 0 fully saturated rings. The average molecular weight is 277 g/mol. The van der Waals surface area contributed by atoms with Gasteiger partial charge in [-0.2, -0.15) is 0 Å². The monoisotopic (exact) mass is 277 g/mol. The Morgan fingerprint density at radius 3 is 2.40 bits per heavy atom. The van der Waals surface area contributed by atoms with Crippen LogP contribution < -0.4 is 5.32 Å². The fourth-order valence-corrected chi connectivity index (χ4v) is 2.29. The van der Waals surface area contributed by atoms with Crippen molar-refractivity contribution in [2.45, 2.75) is 52.0 Å². The van der Waals surface area contributed by atoms with E-state index in [2.05, 4.69) is 50.4 Å². The van der Waals surface area contributed by atoms with Gasteiger partial charge in [0.1, 0.15) is 0 Å². The number of esters is 1. The molecule has 0 aliphatic rings. The number of hydrogen-bond donors (Lipinski definition) is 1. The van der Waals surface area contributed by atoms with Gasteiger partial charge in [0.05, 0.1) is 13.5 Å². The molecule has 3 heteroatoms. The number of rotatable bonds is 8. The normalized spacial score (nSPS) is 13.8. The first-order chi connectivity index (χ1) is 9.60. The topological polar surface area (TPSA) is 38.3 Å². The van der Waals surface area contributed by atoms with Crippen LogP contribution in [0.3, 0.4) is 0 Å². The summed E-state index contributed by atoms with van der Waals surface area (Å²) in [4.78, 5) is 11.4. The SMILES string of the molecule is CCNC(CC(=O)OC)Cc1ccc(C(C)CC)cc1. The summed E-state index contributed by atoms with van der Waals surface area (Å²) >= 11 is 0. The van der Waals surface area contributed by atoms with Crippen LogP contribution in [0.2, 0.25) is 0 Å². The highest BCUT2D eigenvalue weighted by molar-refractivity contribution is 5.70. The molecule has 1 N–H and O–H groups in total. The molecule has 3 nitrogen and oxygen atoms in total. The third kappa shape index (κ3) is 5.33. The lowest BCUT2D eigenvalue weighted by Gasteiger charge is -2.17. The molecule has 2 atom stereocenters. The number of ether oxygens (including phenoxy) is 1. The molecule has 0 spiro atoms. The highest BCUT2D eigenvalue weighted by Gasteiger charge is 2.14. The van der Waals surface area contributed by atoms with E-state index in [0.717, 1.165) is 19.4 Å². The van der Waals surface area contributed by atoms with Crippen LogP contribution in [0.1, 0.15) is 50.7 Å². The average Bonchev–Trinajstić information content (AvgIpc) is 2.47. The fraction of sp³-hybridized carbons (Fsp3) is 0.588. The van der Waals surface area contributed by atoms with Crippen molar-refractivity contribution in [1.82, 2.24) is 5.32 Å². The second-order valence-corrected chi connectivity index (χ2v) is 5.29. The maximum Gasteiger partial charge on any atom is 0.307 e. The first-order valence-corrected chi connectivity index (χ1v) is 7.49. The smallest absolute Gasteiger partial charge is 0.307 e. The summed E-state index contributed by atoms with van der Waals surface area (Å²) in [6.07, 6.45) is 2.42. The van der Waals surface area contributed by atoms with Gasteiger partial charge in [0.25, 0.3) is 0 Å². The number of hydrogen-bond acceptors (Lipinski definition) is 3. The number of likely N-dealkylation sites (N-methyl/N-ethyl adjacent to an activating group) is 1. The number of carbonyl (C=O) groups is 1. The van der Waals surface area contributed by atoms with Crippen molar-refractivity contribution in [1.29, 1.82) is 0 Å². The van der Waals surface area contributed by atoms with Gasteiger partial charge in [-0.05, 0) is 36.4 Å². The van der Waals surface area contributed by atoms with Gasteiger partial charge in [-0.3, -0.25) is 4.79 Å². The Morgan fingerprint density at radius 1 is 1.25 bits per heavy atom. The summed E-state index contributed by atoms with van der Waals surface area (Å²) in [5.41, 5.74) is 2.64. The Bertz CT molecular complexity index is 400. The molecule has 112 valence electrons. The molecule has 0 bridgehead atoms. The summed E-state index contributed by atoms with van der Waals surface area (Å²) in [6, 6.07) is 8.88. The molecule has 0 radical (unpaired) electrons. The van der Waals surface area contributed by atoms with Crippen LogP contribution in [0.5, 0.6) is 0 Å². The summed E-state index contributed by atoms with van der Waals surface area (Å²) < 4.78 is 4.75. The molecule has 1 aromatic rings. The fourth-order valence-electron chi connectivity index (χ4n) is 2.29. The van der Waals surface area contributed by atoms with Gasteiger partial charge in [-0.1, -0.05) is 45.0 Å². The van der Waals surface area contributed by atoms with E-state index in [1.807, 2.05) is 0 Å². The van der Waals surface area contributed by atoms with Crippen molar-refractivity contribution in [2.24, 2.45) is 0 Å². The molecule has 20 heavy (non-hydrogen) atoms. The highest BCUT2D eigenvalue weighted by atomic mass is 16.5. The van der Waals surface area contributed by atoms with Crippen molar-refractivity contribution in [3.8, 4) is 0 Å². The van der Waals surface area contributed by atoms with Crippen molar-refractivity contribution < 1.29 is 9.53 Å². The van der Waals surface area contributed by atoms with Crippen LogP contribution in [0.15, 0.2) is 24.3 Å². The number of benzene rings is 1. The molecule has 0 saturated carbocycles. The van der Waals surface area contributed by atoms with Crippen molar-refractivity contribution >= 4 is 5.97 Å². The second-order valence-electron chi connectivity index (χ2n) is 5.29. The summed E-state index contributed by atoms with van der Waals surface area (Å²) in [5.74, 6) is 0.441. The third-order valence-electron chi connectivity index (χ3n) is 3.78. The lowest BCUT2D eigenvalue weighted by atomic mass is 9.95. The van der Waals surface area contributed by atoms with Gasteiger partial charge in [0.15, 0.2) is 0 Å². The molecule has 1 aromatic carbocycles. The largest absolute Gasteiger partial charge is 0.469 e. The number of nitrogens with one attached hydrogen (secondary N) is 1. The number of carbonyl (C=O) groups excluding carboxylic acids is 1. The van der Waals surface area contributed by atoms with Crippen molar-refractivity contribution in [3.05, 3.63) is 35.4 Å². The van der Waals surface area contributed by atoms with Gasteiger partial charge < -0.3 is 10.1 Å². The summed E-state index contributed by atoms with van der Waals surface area (Å²) in [7, 11) is 1.44. The Hall–Kier alpha value is -1.35. The van der Waals surface area contributed by atoms with Crippen LogP contribution in [-0.4, -0.2) is 25.7 Å². The second kappa shape index (κ2) is 8.75. The minimum atomic E-state index is -0.160. The van der Waals surface area contributed by atoms with E-state index in [1.165, 1.54) is 18.2 Å². The zero-order chi connectivity index (χ0) is 15.0. The molecule has 0 aromatic heterocycles. The van der Waals surface area contributed by atoms with E-state index in [4.69, 9.17) is 4.74 Å². The quantitative estimate of drug-likeness (QED) is 0.741. The zero-order valence-electron chi connectivity index (χ0n) is 13.1. The van der Waals surface area contributed by atoms with Gasteiger partial charge in [-0.25, -0.2) is 0 Å². The Morgan fingerprint density at radius 2 is 1.90 bits per heavy atom. The van der Waals surface area contributed by atoms with Gasteiger partial charge in [0.2, 0.25) is 0 Å². The molecule has 0 amide bonds. The maximum absolute atomic E-state index is 11.4. The first-order valence-electron chi connectivity index (χ1n) is 7.49. The molecular weight excluding hydrogens is 250 g/mol. The zero-order valence-corrected chi connectivity index (χ0v) is 13.1. The standard InChI is InChI=1S/C17H27NO2/c1-5-13(3)15-9-7-14(8-10-15)11-16(18-6-2)12-17(19)20-4/h7-10,13,16,18H,5-6,11-12H2,1-4H3. The maximum atomic E-state index is 11.4. The predicted molar refractivity (Wildman–Crippen MR) is 82.9 cm³/mol. The molecule has 0 aliphatic carbocycles. The Balaban J connectivity index is 2.66. The minimum Gasteiger partial charge on any atom is -0.469 e. The van der Waals surface area contributed by atoms with Gasteiger partial charge >= 0.3 is 5.97 Å². The van der Waals surface area contributed by atoms with Crippen molar-refractivity contribution in [3.63, 3.8) is 0 Å². The van der Waals surface area contributed by atoms with E-state index in [0.29, 0.717) is 12.3 Å². The Labute approximate surface area is 122 Å². The summed E-state index contributed by atoms with van der Waals surface area (Å²) in [5, 5.41) is 3.34. The molecular formula is C17H27NO2. The lowest BCUT2D eigenvalue weighted by molar-refractivity contribution is -0.141. The van der Waals surface area contributed by atoms with Crippen LogP contribution in [0.25, 0.3) is 0 Å². The molecule has 0 saturated heterocycles. The molecule has 2 unspecified atom stereocenters. The van der Waals surface area contributed by atoms with Crippen LogP contribution >= 0.6 is 0 Å². The van der Waals surface area contributed by atoms with Crippen LogP contribution in [-0.2, 0) is 16.0 Å². The van der Waals surface area contributed by atoms with Crippen LogP contribution in [0, 0.1) is 0 Å². The minimum absolute atomic E-state index is 0.141. The van der Waals surface area contributed by atoms with E-state index in [9.17, 15) is 4.79 Å². The Kier molecular flexibility index (Phi) is 7.31. The van der Waals surface area contributed by atoms with E-state index in [-0.39, 0.29) is 12.0 Å². The summed E-state index contributed by atoms with van der Waals surface area (Å²) in [6.45, 7) is 7.35. The lowest BCUT2D eigenvalue weighted by Crippen LogP contribution is -2.33. The predicted octanol–water partition coefficient (Wildman–Crippen LogP) is 3.28. The number of methoxy groups -OCH3 is 1.